The Labute approximate surface area is 140 Å². The minimum atomic E-state index is -0.602. The maximum Gasteiger partial charge on any atom is 0.407 e. The van der Waals surface area contributed by atoms with Crippen LogP contribution >= 0.6 is 0 Å². The Balaban J connectivity index is 2.65. The topological polar surface area (TPSA) is 102 Å². The molecule has 1 aromatic rings. The average molecular weight is 337 g/mol. The highest BCUT2D eigenvalue weighted by Gasteiger charge is 2.19. The van der Waals surface area contributed by atoms with Gasteiger partial charge < -0.3 is 15.0 Å². The van der Waals surface area contributed by atoms with E-state index in [0.717, 1.165) is 0 Å². The molecule has 0 aliphatic rings. The third-order valence-electron chi connectivity index (χ3n) is 3.04. The van der Waals surface area contributed by atoms with Crippen LogP contribution in [0.3, 0.4) is 0 Å². The molecule has 0 spiro atoms. The number of nitrogens with zero attached hydrogens (tertiary/aromatic N) is 2. The molecule has 0 saturated carbocycles. The van der Waals surface area contributed by atoms with Gasteiger partial charge in [0.25, 0.3) is 5.69 Å². The van der Waals surface area contributed by atoms with E-state index in [1.165, 1.54) is 17.9 Å². The fourth-order valence-electron chi connectivity index (χ4n) is 1.98. The number of benzene rings is 1. The van der Waals surface area contributed by atoms with E-state index in [4.69, 9.17) is 4.74 Å². The number of amides is 2. The molecule has 8 nitrogen and oxygen atoms in total. The lowest BCUT2D eigenvalue weighted by molar-refractivity contribution is -0.385. The van der Waals surface area contributed by atoms with E-state index in [9.17, 15) is 19.7 Å². The normalized spacial score (nSPS) is 10.8. The monoisotopic (exact) mass is 337 g/mol. The number of hydrogen-bond acceptors (Lipinski definition) is 5. The Hall–Kier alpha value is -2.64. The molecular formula is C16H23N3O5. The molecule has 132 valence electrons. The summed E-state index contributed by atoms with van der Waals surface area (Å²) in [5.41, 5.74) is -0.201. The number of rotatable bonds is 6. The Bertz CT molecular complexity index is 610. The molecule has 0 radical (unpaired) electrons. The number of nitrogens with one attached hydrogen (secondary N) is 1. The number of carbonyl (C=O) groups is 2. The molecule has 0 saturated heterocycles. The van der Waals surface area contributed by atoms with E-state index in [2.05, 4.69) is 5.32 Å². The van der Waals surface area contributed by atoms with Crippen molar-refractivity contribution in [2.24, 2.45) is 0 Å². The quantitative estimate of drug-likeness (QED) is 0.634. The summed E-state index contributed by atoms with van der Waals surface area (Å²) >= 11 is 0. The molecule has 0 fully saturated rings. The number of para-hydroxylation sites is 1. The third kappa shape index (κ3) is 6.64. The van der Waals surface area contributed by atoms with Gasteiger partial charge in [0, 0.05) is 31.6 Å². The van der Waals surface area contributed by atoms with Gasteiger partial charge in [0.15, 0.2) is 0 Å². The number of nitro benzene ring substituents is 1. The predicted octanol–water partition coefficient (Wildman–Crippen LogP) is 2.47. The van der Waals surface area contributed by atoms with Gasteiger partial charge >= 0.3 is 6.09 Å². The van der Waals surface area contributed by atoms with Gasteiger partial charge in [-0.25, -0.2) is 4.79 Å². The molecule has 1 aromatic carbocycles. The number of ether oxygens (including phenoxy) is 1. The number of nitro groups is 1. The van der Waals surface area contributed by atoms with Crippen LogP contribution in [-0.2, 0) is 16.1 Å². The van der Waals surface area contributed by atoms with E-state index >= 15 is 0 Å². The fourth-order valence-corrected chi connectivity index (χ4v) is 1.98. The smallest absolute Gasteiger partial charge is 0.407 e. The minimum absolute atomic E-state index is 0.0381. The summed E-state index contributed by atoms with van der Waals surface area (Å²) in [5.74, 6) is -0.237. The van der Waals surface area contributed by atoms with Crippen molar-refractivity contribution in [1.82, 2.24) is 10.2 Å². The maximum absolute atomic E-state index is 11.7. The van der Waals surface area contributed by atoms with Crippen LogP contribution in [0.5, 0.6) is 0 Å². The minimum Gasteiger partial charge on any atom is -0.444 e. The number of alkyl carbamates (subject to hydrolysis) is 1. The zero-order valence-corrected chi connectivity index (χ0v) is 14.4. The first kappa shape index (κ1) is 19.4. The van der Waals surface area contributed by atoms with E-state index in [-0.39, 0.29) is 31.2 Å². The molecule has 2 amide bonds. The van der Waals surface area contributed by atoms with Crippen LogP contribution in [0.2, 0.25) is 0 Å². The molecule has 0 aliphatic carbocycles. The van der Waals surface area contributed by atoms with Crippen LogP contribution in [0, 0.1) is 10.1 Å². The lowest BCUT2D eigenvalue weighted by Gasteiger charge is -2.23. The SMILES string of the molecule is CC(=O)N(CCNC(=O)OC(C)(C)C)Cc1ccccc1[N+](=O)[O-]. The van der Waals surface area contributed by atoms with Gasteiger partial charge in [-0.15, -0.1) is 0 Å². The van der Waals surface area contributed by atoms with Gasteiger partial charge in [0.2, 0.25) is 5.91 Å². The van der Waals surface area contributed by atoms with Crippen molar-refractivity contribution in [3.8, 4) is 0 Å². The summed E-state index contributed by atoms with van der Waals surface area (Å²) in [6, 6.07) is 6.26. The predicted molar refractivity (Wildman–Crippen MR) is 88.4 cm³/mol. The Morgan fingerprint density at radius 2 is 1.92 bits per heavy atom. The van der Waals surface area contributed by atoms with Crippen LogP contribution in [0.1, 0.15) is 33.3 Å². The van der Waals surface area contributed by atoms with E-state index < -0.39 is 16.6 Å². The van der Waals surface area contributed by atoms with Crippen molar-refractivity contribution in [1.29, 1.82) is 0 Å². The lowest BCUT2D eigenvalue weighted by atomic mass is 10.1. The lowest BCUT2D eigenvalue weighted by Crippen LogP contribution is -2.39. The molecule has 1 N–H and O–H groups in total. The maximum atomic E-state index is 11.7. The number of carbonyl (C=O) groups excluding carboxylic acids is 2. The first-order chi connectivity index (χ1) is 11.1. The summed E-state index contributed by atoms with van der Waals surface area (Å²) in [6.45, 7) is 7.15. The highest BCUT2D eigenvalue weighted by atomic mass is 16.6. The average Bonchev–Trinajstić information content (AvgIpc) is 2.44. The van der Waals surface area contributed by atoms with Crippen LogP contribution in [0.15, 0.2) is 24.3 Å². The molecule has 8 heteroatoms. The fraction of sp³-hybridized carbons (Fsp3) is 0.500. The van der Waals surface area contributed by atoms with Crippen LogP contribution < -0.4 is 5.32 Å². The molecule has 0 heterocycles. The zero-order chi connectivity index (χ0) is 18.3. The standard InChI is InChI=1S/C16H23N3O5/c1-12(20)18(10-9-17-15(21)24-16(2,3)4)11-13-7-5-6-8-14(13)19(22)23/h5-8H,9-11H2,1-4H3,(H,17,21). The third-order valence-corrected chi connectivity index (χ3v) is 3.04. The van der Waals surface area contributed by atoms with E-state index in [0.29, 0.717) is 5.56 Å². The summed E-state index contributed by atoms with van der Waals surface area (Å²) < 4.78 is 5.11. The van der Waals surface area contributed by atoms with Crippen LogP contribution in [0.25, 0.3) is 0 Å². The highest BCUT2D eigenvalue weighted by molar-refractivity contribution is 5.73. The molecule has 0 atom stereocenters. The van der Waals surface area contributed by atoms with Crippen molar-refractivity contribution < 1.29 is 19.2 Å². The molecule has 0 unspecified atom stereocenters. The molecule has 24 heavy (non-hydrogen) atoms. The van der Waals surface area contributed by atoms with Gasteiger partial charge in [-0.2, -0.15) is 0 Å². The Kier molecular flexibility index (Phi) is 6.69. The van der Waals surface area contributed by atoms with Crippen molar-refractivity contribution in [2.75, 3.05) is 13.1 Å². The van der Waals surface area contributed by atoms with Crippen molar-refractivity contribution >= 4 is 17.7 Å². The summed E-state index contributed by atoms with van der Waals surface area (Å²) in [6.07, 6.45) is -0.573. The molecule has 0 aromatic heterocycles. The van der Waals surface area contributed by atoms with Crippen LogP contribution in [-0.4, -0.2) is 40.5 Å². The largest absolute Gasteiger partial charge is 0.444 e. The Morgan fingerprint density at radius 1 is 1.29 bits per heavy atom. The van der Waals surface area contributed by atoms with Crippen molar-refractivity contribution in [3.63, 3.8) is 0 Å². The molecule has 1 rings (SSSR count). The van der Waals surface area contributed by atoms with Gasteiger partial charge in [-0.3, -0.25) is 14.9 Å². The van der Waals surface area contributed by atoms with Gasteiger partial charge in [-0.05, 0) is 20.8 Å². The number of hydrogen-bond donors (Lipinski definition) is 1. The van der Waals surface area contributed by atoms with E-state index in [1.54, 1.807) is 39.0 Å². The van der Waals surface area contributed by atoms with Gasteiger partial charge in [-0.1, -0.05) is 18.2 Å². The molecule has 0 bridgehead atoms. The summed E-state index contributed by atoms with van der Waals surface area (Å²) in [5, 5.41) is 13.6. The summed E-state index contributed by atoms with van der Waals surface area (Å²) in [4.78, 5) is 35.3. The van der Waals surface area contributed by atoms with Crippen molar-refractivity contribution in [2.45, 2.75) is 39.8 Å². The van der Waals surface area contributed by atoms with Crippen LogP contribution in [0.4, 0.5) is 10.5 Å². The molecular weight excluding hydrogens is 314 g/mol. The second kappa shape index (κ2) is 8.28. The molecule has 0 aliphatic heterocycles. The second-order valence-electron chi connectivity index (χ2n) is 6.26. The summed E-state index contributed by atoms with van der Waals surface area (Å²) in [7, 11) is 0. The van der Waals surface area contributed by atoms with E-state index in [1.807, 2.05) is 0 Å². The second-order valence-corrected chi connectivity index (χ2v) is 6.26. The first-order valence-corrected chi connectivity index (χ1v) is 7.55. The Morgan fingerprint density at radius 3 is 2.46 bits per heavy atom. The first-order valence-electron chi connectivity index (χ1n) is 7.55. The zero-order valence-electron chi connectivity index (χ0n) is 14.4. The highest BCUT2D eigenvalue weighted by Crippen LogP contribution is 2.19. The van der Waals surface area contributed by atoms with Gasteiger partial charge in [0.1, 0.15) is 5.60 Å². The van der Waals surface area contributed by atoms with Gasteiger partial charge in [0.05, 0.1) is 11.5 Å². The van der Waals surface area contributed by atoms with Crippen molar-refractivity contribution in [3.05, 3.63) is 39.9 Å².